The number of carbonyl (C=O) groups excluding carboxylic acids is 5. The summed E-state index contributed by atoms with van der Waals surface area (Å²) >= 11 is 5.19. The van der Waals surface area contributed by atoms with Crippen LogP contribution in [0.4, 0.5) is 0 Å². The number of piperidine rings is 2. The molecule has 3 aromatic carbocycles. The Morgan fingerprint density at radius 2 is 1.51 bits per heavy atom. The predicted molar refractivity (Wildman–Crippen MR) is 321 cm³/mol. The van der Waals surface area contributed by atoms with E-state index in [2.05, 4.69) is 54.0 Å². The molecule has 21 nitrogen and oxygen atoms in total. The molecule has 4 saturated heterocycles. The molecule has 13 rings (SSSR count). The number of carbonyl (C=O) groups is 5. The SMILES string of the molecule is CN(C)S(=O)(=O)CCCS.CN1CC[C@]23c4c5c(CCC(=O)ON6C(=O)CCC6=O)cc(O)c4O[C@H]2[C@@H](OP(C)(C)=O)C=CC3[C@H]1C5.CN1CC[C@]23c4c5ccc(O)c4O[C@H]2[C@@H](O)C=CC3[C@H]1C5.O=C(COc1ccccc1)NC1CCSC1=O. The smallest absolute Gasteiger partial charge is 0.333 e. The largest absolute Gasteiger partial charge is 0.504 e. The molecule has 0 saturated carbocycles. The fourth-order valence-corrected chi connectivity index (χ4v) is 17.2. The fourth-order valence-electron chi connectivity index (χ4n) is 14.2. The molecular formula is C60H76N5O16PS3. The van der Waals surface area contributed by atoms with E-state index in [0.717, 1.165) is 61.2 Å². The van der Waals surface area contributed by atoms with Crippen LogP contribution in [0.5, 0.6) is 28.7 Å². The number of thioether (sulfide) groups is 1. The van der Waals surface area contributed by atoms with Crippen LogP contribution >= 0.6 is 31.8 Å². The third-order valence-electron chi connectivity index (χ3n) is 18.2. The Morgan fingerprint density at radius 3 is 2.14 bits per heavy atom. The standard InChI is InChI=1S/C26H31N2O8P.C17H19NO3.C12H13NO3S.C5H13NO2S2/c1-27-11-10-26-16-5-6-19(36-37(2,3)33)25(26)34-24-18(29)12-14(15(23(24)26)13-17(16)27)4-9-22(32)35-28-20(30)7-8-21(28)31;1-18-7-6-17-10-3-5-13(20)16(17)21-15-12(19)4-2-9(14(15)17)8-11(10)18;14-11(13-10-6-7-17-12(10)15)8-16-9-4-2-1-3-5-9;1-6(2)10(7,8)5-3-4-9/h5-6,12,16-17,19,25,29H,4,7-11,13H2,1-3H3;2-5,10-11,13,16,19-20H,6-8H2,1H3;1-5,10H,6-8H2,(H,13,14);9H,3-5H2,1-2H3/t16?,17-,19+,25+,26+;10?,11-,13+,16+,17+;;/m11../s1. The lowest BCUT2D eigenvalue weighted by atomic mass is 9.53. The third kappa shape index (κ3) is 12.2. The van der Waals surface area contributed by atoms with Crippen molar-refractivity contribution in [2.75, 3.05) is 78.5 Å². The molecule has 25 heteroatoms. The maximum Gasteiger partial charge on any atom is 0.333 e. The van der Waals surface area contributed by atoms with Gasteiger partial charge in [0.15, 0.2) is 37.0 Å². The van der Waals surface area contributed by atoms with E-state index in [-0.39, 0.29) is 90.1 Å². The lowest BCUT2D eigenvalue weighted by Crippen LogP contribution is -2.65. The van der Waals surface area contributed by atoms with Crippen molar-refractivity contribution in [2.45, 2.75) is 118 Å². The summed E-state index contributed by atoms with van der Waals surface area (Å²) in [6.07, 6.45) is 11.5. The molecule has 3 aromatic rings. The second-order valence-corrected chi connectivity index (χ2v) is 30.4. The van der Waals surface area contributed by atoms with Crippen LogP contribution in [0.3, 0.4) is 0 Å². The van der Waals surface area contributed by atoms with Crippen LogP contribution in [-0.4, -0.2) is 193 Å². The minimum Gasteiger partial charge on any atom is -0.504 e. The number of phenolic OH excluding ortho intramolecular Hbond substituents is 2. The molecule has 3 amide bonds. The first-order valence-corrected chi connectivity index (χ1v) is 34.6. The summed E-state index contributed by atoms with van der Waals surface area (Å²) in [5, 5.41) is 35.0. The predicted octanol–water partition coefficient (Wildman–Crippen LogP) is 4.91. The Kier molecular flexibility index (Phi) is 18.4. The molecule has 4 aliphatic carbocycles. The molecule has 2 spiro atoms. The third-order valence-corrected chi connectivity index (χ3v) is 22.2. The van der Waals surface area contributed by atoms with E-state index in [1.165, 1.54) is 41.3 Å². The average molecular weight is 1250 g/mol. The summed E-state index contributed by atoms with van der Waals surface area (Å²) in [7, 11) is 1.58. The average Bonchev–Trinajstić information content (AvgIpc) is 1.71. The lowest BCUT2D eigenvalue weighted by Gasteiger charge is -2.57. The molecular weight excluding hydrogens is 1170 g/mol. The van der Waals surface area contributed by atoms with E-state index in [0.29, 0.717) is 52.9 Å². The lowest BCUT2D eigenvalue weighted by molar-refractivity contribution is -0.197. The first-order chi connectivity index (χ1) is 40.4. The minimum absolute atomic E-state index is 0.00171. The highest BCUT2D eigenvalue weighted by molar-refractivity contribution is 8.14. The molecule has 0 aromatic heterocycles. The van der Waals surface area contributed by atoms with Crippen LogP contribution in [0.1, 0.15) is 72.8 Å². The number of sulfonamides is 1. The van der Waals surface area contributed by atoms with Gasteiger partial charge in [-0.05, 0) is 119 Å². The van der Waals surface area contributed by atoms with E-state index in [9.17, 15) is 52.3 Å². The summed E-state index contributed by atoms with van der Waals surface area (Å²) in [5.74, 6) is 2.07. The van der Waals surface area contributed by atoms with Gasteiger partial charge in [-0.2, -0.15) is 12.6 Å². The number of aromatic hydroxyl groups is 2. The normalized spacial score (nSPS) is 29.7. The highest BCUT2D eigenvalue weighted by atomic mass is 32.2. The number of phenols is 2. The van der Waals surface area contributed by atoms with Gasteiger partial charge in [0.2, 0.25) is 15.1 Å². The molecule has 6 heterocycles. The summed E-state index contributed by atoms with van der Waals surface area (Å²) in [6, 6.07) is 14.8. The number of rotatable bonds is 14. The molecule has 4 bridgehead atoms. The molecule has 3 unspecified atom stereocenters. The fraction of sp³-hybridized carbons (Fsp3) is 0.550. The number of amides is 3. The monoisotopic (exact) mass is 1250 g/mol. The van der Waals surface area contributed by atoms with Crippen molar-refractivity contribution >= 4 is 70.6 Å². The summed E-state index contributed by atoms with van der Waals surface area (Å²) in [5.41, 5.74) is 4.70. The first kappa shape index (κ1) is 62.6. The minimum atomic E-state index is -2.98. The van der Waals surface area contributed by atoms with Gasteiger partial charge >= 0.3 is 5.97 Å². The molecule has 6 aliphatic heterocycles. The Labute approximate surface area is 505 Å². The molecule has 0 radical (unpaired) electrons. The molecule has 85 heavy (non-hydrogen) atoms. The van der Waals surface area contributed by atoms with Crippen molar-refractivity contribution in [3.8, 4) is 28.7 Å². The van der Waals surface area contributed by atoms with Crippen LogP contribution in [0.15, 0.2) is 72.8 Å². The van der Waals surface area contributed by atoms with Crippen LogP contribution in [0.2, 0.25) is 0 Å². The van der Waals surface area contributed by atoms with Gasteiger partial charge in [-0.15, -0.1) is 5.06 Å². The summed E-state index contributed by atoms with van der Waals surface area (Å²) < 4.78 is 59.6. The number of likely N-dealkylation sites (tertiary alicyclic amines) is 2. The van der Waals surface area contributed by atoms with Gasteiger partial charge in [-0.1, -0.05) is 60.3 Å². The van der Waals surface area contributed by atoms with Gasteiger partial charge in [0.05, 0.1) is 18.2 Å². The number of benzene rings is 3. The number of imide groups is 1. The maximum atomic E-state index is 12.6. The molecule has 4 N–H and O–H groups in total. The van der Waals surface area contributed by atoms with Gasteiger partial charge in [-0.25, -0.2) is 17.5 Å². The van der Waals surface area contributed by atoms with E-state index in [1.807, 2.05) is 36.4 Å². The zero-order chi connectivity index (χ0) is 60.9. The van der Waals surface area contributed by atoms with Gasteiger partial charge in [0.1, 0.15) is 30.2 Å². The zero-order valence-corrected chi connectivity index (χ0v) is 52.0. The van der Waals surface area contributed by atoms with E-state index in [4.69, 9.17) is 23.6 Å². The number of hydroxylamine groups is 2. The van der Waals surface area contributed by atoms with Gasteiger partial charge < -0.3 is 54.0 Å². The van der Waals surface area contributed by atoms with Gasteiger partial charge in [0, 0.05) is 91.9 Å². The first-order valence-electron chi connectivity index (χ1n) is 28.8. The number of thiol groups is 1. The van der Waals surface area contributed by atoms with E-state index < -0.39 is 58.9 Å². The molecule has 4 fully saturated rings. The highest BCUT2D eigenvalue weighted by Crippen LogP contribution is 2.65. The number of aliphatic hydroxyl groups excluding tert-OH is 1. The quantitative estimate of drug-likeness (QED) is 0.0621. The number of aryl methyl sites for hydroxylation is 1. The number of hydrogen-bond acceptors (Lipinski definition) is 20. The van der Waals surface area contributed by atoms with Crippen molar-refractivity contribution < 1.29 is 75.8 Å². The Bertz CT molecular complexity index is 3310. The van der Waals surface area contributed by atoms with Crippen molar-refractivity contribution in [1.82, 2.24) is 24.5 Å². The highest BCUT2D eigenvalue weighted by Gasteiger charge is 2.66. The van der Waals surface area contributed by atoms with Crippen molar-refractivity contribution in [3.63, 3.8) is 0 Å². The number of nitrogens with zero attached hydrogens (tertiary/aromatic N) is 4. The van der Waals surface area contributed by atoms with Crippen molar-refractivity contribution in [3.05, 3.63) is 101 Å². The van der Waals surface area contributed by atoms with E-state index >= 15 is 0 Å². The summed E-state index contributed by atoms with van der Waals surface area (Å²) in [6.45, 7) is 4.99. The second kappa shape index (κ2) is 25.0. The van der Waals surface area contributed by atoms with E-state index in [1.54, 1.807) is 37.6 Å². The van der Waals surface area contributed by atoms with Crippen LogP contribution in [-0.2, 0) is 78.0 Å². The molecule has 11 atom stereocenters. The van der Waals surface area contributed by atoms with Crippen molar-refractivity contribution in [2.24, 2.45) is 11.8 Å². The number of hydrogen-bond donors (Lipinski definition) is 5. The summed E-state index contributed by atoms with van der Waals surface area (Å²) in [4.78, 5) is 68.8. The Balaban J connectivity index is 0.000000141. The van der Waals surface area contributed by atoms with Gasteiger partial charge in [0.25, 0.3) is 17.7 Å². The Hall–Kier alpha value is -5.43. The number of aliphatic hydroxyl groups is 1. The molecule has 460 valence electrons. The number of nitrogens with one attached hydrogen (secondary N) is 1. The number of ether oxygens (including phenoxy) is 3. The zero-order valence-electron chi connectivity index (χ0n) is 48.6. The molecule has 10 aliphatic rings. The maximum absolute atomic E-state index is 12.6. The van der Waals surface area contributed by atoms with Crippen molar-refractivity contribution in [1.29, 1.82) is 0 Å². The van der Waals surface area contributed by atoms with Gasteiger partial charge in [-0.3, -0.25) is 23.7 Å². The number of likely N-dealkylation sites (N-methyl/N-ethyl adjacent to an activating group) is 2. The topological polar surface area (TPSA) is 268 Å². The Morgan fingerprint density at radius 1 is 0.871 bits per heavy atom. The number of para-hydroxylation sites is 1. The second-order valence-electron chi connectivity index (χ2n) is 23.9. The van der Waals surface area contributed by atoms with Crippen LogP contribution in [0, 0.1) is 11.8 Å². The van der Waals surface area contributed by atoms with Crippen LogP contribution in [0.25, 0.3) is 0 Å². The van der Waals surface area contributed by atoms with Crippen LogP contribution < -0.4 is 19.5 Å².